The van der Waals surface area contributed by atoms with Crippen molar-refractivity contribution < 1.29 is 14.3 Å². The van der Waals surface area contributed by atoms with Gasteiger partial charge in [-0.3, -0.25) is 4.79 Å². The number of carbonyl (C=O) groups is 1. The molecule has 2 rings (SSSR count). The molecule has 0 aliphatic carbocycles. The molecule has 1 aliphatic rings. The molecule has 4 heteroatoms. The molecule has 1 heterocycles. The molecule has 1 atom stereocenters. The zero-order chi connectivity index (χ0) is 11.9. The fourth-order valence-electron chi connectivity index (χ4n) is 1.89. The molecule has 3 nitrogen and oxygen atoms in total. The zero-order valence-corrected chi connectivity index (χ0v) is 9.27. The van der Waals surface area contributed by atoms with E-state index in [1.165, 1.54) is 17.0 Å². The van der Waals surface area contributed by atoms with Gasteiger partial charge in [-0.25, -0.2) is 4.39 Å². The van der Waals surface area contributed by atoms with E-state index < -0.39 is 11.5 Å². The number of aliphatic hydroxyl groups is 1. The zero-order valence-electron chi connectivity index (χ0n) is 9.27. The van der Waals surface area contributed by atoms with Crippen LogP contribution in [-0.4, -0.2) is 23.7 Å². The molecule has 1 N–H and O–H groups in total. The highest BCUT2D eigenvalue weighted by atomic mass is 19.1. The lowest BCUT2D eigenvalue weighted by atomic mass is 9.90. The predicted octanol–water partition coefficient (Wildman–Crippen LogP) is 1.56. The summed E-state index contributed by atoms with van der Waals surface area (Å²) in [6.45, 7) is 4.11. The highest BCUT2D eigenvalue weighted by Gasteiger charge is 2.45. The van der Waals surface area contributed by atoms with Gasteiger partial charge in [-0.1, -0.05) is 13.8 Å². The monoisotopic (exact) mass is 223 g/mol. The number of halogens is 1. The Morgan fingerprint density at radius 2 is 1.94 bits per heavy atom. The first-order valence-corrected chi connectivity index (χ1v) is 5.17. The molecule has 0 spiro atoms. The summed E-state index contributed by atoms with van der Waals surface area (Å²) in [6, 6.07) is 5.70. The van der Waals surface area contributed by atoms with Crippen molar-refractivity contribution in [3.63, 3.8) is 0 Å². The highest BCUT2D eigenvalue weighted by molar-refractivity contribution is 5.99. The molecule has 16 heavy (non-hydrogen) atoms. The second-order valence-corrected chi connectivity index (χ2v) is 4.79. The van der Waals surface area contributed by atoms with Gasteiger partial charge in [0.2, 0.25) is 0 Å². The predicted molar refractivity (Wildman–Crippen MR) is 58.5 cm³/mol. The quantitative estimate of drug-likeness (QED) is 0.784. The highest BCUT2D eigenvalue weighted by Crippen LogP contribution is 2.33. The average Bonchev–Trinajstić information content (AvgIpc) is 2.44. The lowest BCUT2D eigenvalue weighted by Gasteiger charge is -2.20. The summed E-state index contributed by atoms with van der Waals surface area (Å²) in [5, 5.41) is 9.75. The number of anilines is 1. The number of rotatable bonds is 1. The summed E-state index contributed by atoms with van der Waals surface area (Å²) in [7, 11) is 0. The molecule has 86 valence electrons. The molecule has 1 aliphatic heterocycles. The van der Waals surface area contributed by atoms with E-state index in [1.54, 1.807) is 12.1 Å². The van der Waals surface area contributed by atoms with Crippen LogP contribution in [0.25, 0.3) is 0 Å². The lowest BCUT2D eigenvalue weighted by Crippen LogP contribution is -2.30. The van der Waals surface area contributed by atoms with E-state index in [1.807, 2.05) is 13.8 Å². The van der Waals surface area contributed by atoms with Gasteiger partial charge in [-0.15, -0.1) is 0 Å². The third-order valence-electron chi connectivity index (χ3n) is 2.94. The fourth-order valence-corrected chi connectivity index (χ4v) is 1.89. The Bertz CT molecular complexity index is 414. The maximum absolute atomic E-state index is 12.7. The Morgan fingerprint density at radius 3 is 2.38 bits per heavy atom. The normalized spacial score (nSPS) is 23.9. The number of nitrogens with zero attached hydrogens (tertiary/aromatic N) is 1. The van der Waals surface area contributed by atoms with Crippen LogP contribution in [0.1, 0.15) is 13.8 Å². The Hall–Kier alpha value is -1.42. The van der Waals surface area contributed by atoms with Crippen molar-refractivity contribution in [2.75, 3.05) is 11.4 Å². The number of amides is 1. The summed E-state index contributed by atoms with van der Waals surface area (Å²) in [4.78, 5) is 13.3. The van der Waals surface area contributed by atoms with Gasteiger partial charge in [0.1, 0.15) is 11.9 Å². The second kappa shape index (κ2) is 3.56. The fraction of sp³-hybridized carbons (Fsp3) is 0.417. The summed E-state index contributed by atoms with van der Waals surface area (Å²) < 4.78 is 12.7. The van der Waals surface area contributed by atoms with E-state index in [-0.39, 0.29) is 11.7 Å². The molecule has 0 saturated carbocycles. The van der Waals surface area contributed by atoms with Gasteiger partial charge in [0.05, 0.1) is 0 Å². The molecule has 1 fully saturated rings. The van der Waals surface area contributed by atoms with Crippen molar-refractivity contribution >= 4 is 11.6 Å². The summed E-state index contributed by atoms with van der Waals surface area (Å²) >= 11 is 0. The smallest absolute Gasteiger partial charge is 0.256 e. The molecule has 0 aromatic heterocycles. The summed E-state index contributed by atoms with van der Waals surface area (Å²) in [5.74, 6) is -0.660. The molecule has 1 aromatic carbocycles. The number of benzene rings is 1. The van der Waals surface area contributed by atoms with Crippen LogP contribution in [0, 0.1) is 11.2 Å². The van der Waals surface area contributed by atoms with E-state index in [2.05, 4.69) is 0 Å². The topological polar surface area (TPSA) is 40.5 Å². The van der Waals surface area contributed by atoms with Crippen molar-refractivity contribution in [1.82, 2.24) is 0 Å². The molecule has 1 unspecified atom stereocenters. The van der Waals surface area contributed by atoms with Crippen molar-refractivity contribution in [3.8, 4) is 0 Å². The number of aliphatic hydroxyl groups excluding tert-OH is 1. The van der Waals surface area contributed by atoms with Crippen molar-refractivity contribution in [1.29, 1.82) is 0 Å². The lowest BCUT2D eigenvalue weighted by molar-refractivity contribution is -0.126. The largest absolute Gasteiger partial charge is 0.383 e. The van der Waals surface area contributed by atoms with E-state index in [0.717, 1.165) is 0 Å². The molecule has 1 amide bonds. The Labute approximate surface area is 93.5 Å². The minimum atomic E-state index is -0.988. The van der Waals surface area contributed by atoms with Gasteiger partial charge >= 0.3 is 0 Å². The van der Waals surface area contributed by atoms with Gasteiger partial charge in [-0.05, 0) is 24.3 Å². The van der Waals surface area contributed by atoms with Crippen LogP contribution >= 0.6 is 0 Å². The Morgan fingerprint density at radius 1 is 1.38 bits per heavy atom. The van der Waals surface area contributed by atoms with E-state index in [4.69, 9.17) is 0 Å². The van der Waals surface area contributed by atoms with E-state index in [0.29, 0.717) is 12.2 Å². The van der Waals surface area contributed by atoms with Gasteiger partial charge in [0.15, 0.2) is 0 Å². The van der Waals surface area contributed by atoms with Crippen LogP contribution in [0.4, 0.5) is 10.1 Å². The van der Waals surface area contributed by atoms with E-state index in [9.17, 15) is 14.3 Å². The molecular formula is C12H14FNO2. The van der Waals surface area contributed by atoms with Gasteiger partial charge in [0.25, 0.3) is 5.91 Å². The minimum Gasteiger partial charge on any atom is -0.383 e. The third kappa shape index (κ3) is 1.69. The summed E-state index contributed by atoms with van der Waals surface area (Å²) in [5.41, 5.74) is 0.155. The molecule has 1 saturated heterocycles. The molecule has 1 aromatic rings. The first kappa shape index (κ1) is 11.1. The van der Waals surface area contributed by atoms with Crippen molar-refractivity contribution in [2.45, 2.75) is 20.0 Å². The van der Waals surface area contributed by atoms with Gasteiger partial charge in [0, 0.05) is 17.6 Å². The molecular weight excluding hydrogens is 209 g/mol. The van der Waals surface area contributed by atoms with Crippen LogP contribution in [0.2, 0.25) is 0 Å². The first-order valence-electron chi connectivity index (χ1n) is 5.17. The van der Waals surface area contributed by atoms with Crippen molar-refractivity contribution in [2.24, 2.45) is 5.41 Å². The Balaban J connectivity index is 2.30. The third-order valence-corrected chi connectivity index (χ3v) is 2.94. The number of hydrogen-bond acceptors (Lipinski definition) is 2. The van der Waals surface area contributed by atoms with Gasteiger partial charge in [-0.2, -0.15) is 0 Å². The van der Waals surface area contributed by atoms with E-state index >= 15 is 0 Å². The van der Waals surface area contributed by atoms with Crippen LogP contribution in [-0.2, 0) is 4.79 Å². The minimum absolute atomic E-state index is 0.323. The van der Waals surface area contributed by atoms with Crippen LogP contribution in [0.5, 0.6) is 0 Å². The number of carbonyl (C=O) groups excluding carboxylic acids is 1. The molecule has 0 bridgehead atoms. The summed E-state index contributed by atoms with van der Waals surface area (Å²) in [6.07, 6.45) is -0.988. The molecule has 0 radical (unpaired) electrons. The SMILES string of the molecule is CC1(C)CN(c2ccc(F)cc2)C(=O)C1O. The second-order valence-electron chi connectivity index (χ2n) is 4.79. The average molecular weight is 223 g/mol. The van der Waals surface area contributed by atoms with Crippen LogP contribution in [0.15, 0.2) is 24.3 Å². The maximum Gasteiger partial charge on any atom is 0.256 e. The Kier molecular flexibility index (Phi) is 2.46. The maximum atomic E-state index is 12.7. The van der Waals surface area contributed by atoms with Crippen LogP contribution < -0.4 is 4.90 Å². The standard InChI is InChI=1S/C12H14FNO2/c1-12(2)7-14(11(16)10(12)15)9-5-3-8(13)4-6-9/h3-6,10,15H,7H2,1-2H3. The van der Waals surface area contributed by atoms with Crippen LogP contribution in [0.3, 0.4) is 0 Å². The van der Waals surface area contributed by atoms with Crippen molar-refractivity contribution in [3.05, 3.63) is 30.1 Å². The number of hydrogen-bond donors (Lipinski definition) is 1. The first-order chi connectivity index (χ1) is 7.42. The van der Waals surface area contributed by atoms with Gasteiger partial charge < -0.3 is 10.0 Å².